The quantitative estimate of drug-likeness (QED) is 0.691. The van der Waals surface area contributed by atoms with Gasteiger partial charge >= 0.3 is 0 Å². The van der Waals surface area contributed by atoms with Crippen molar-refractivity contribution in [2.45, 2.75) is 33.6 Å². The maximum absolute atomic E-state index is 6.05. The van der Waals surface area contributed by atoms with Crippen LogP contribution in [-0.2, 0) is 5.88 Å². The van der Waals surface area contributed by atoms with Crippen LogP contribution in [0, 0.1) is 11.8 Å². The van der Waals surface area contributed by atoms with Gasteiger partial charge in [-0.3, -0.25) is 0 Å². The lowest BCUT2D eigenvalue weighted by Crippen LogP contribution is -2.32. The van der Waals surface area contributed by atoms with Crippen molar-refractivity contribution in [2.75, 3.05) is 18.0 Å². The summed E-state index contributed by atoms with van der Waals surface area (Å²) in [7, 11) is 0. The maximum Gasteiger partial charge on any atom is 0.136 e. The Kier molecular flexibility index (Phi) is 5.46. The van der Waals surface area contributed by atoms with E-state index in [9.17, 15) is 0 Å². The second-order valence-corrected chi connectivity index (χ2v) is 6.75. The van der Waals surface area contributed by atoms with Gasteiger partial charge in [-0.05, 0) is 22.8 Å². The zero-order valence-corrected chi connectivity index (χ0v) is 14.2. The summed E-state index contributed by atoms with van der Waals surface area (Å²) < 4.78 is 0. The Hall–Kier alpha value is -1.28. The molecule has 2 aromatic rings. The summed E-state index contributed by atoms with van der Waals surface area (Å²) >= 11 is 6.05. The minimum absolute atomic E-state index is 0.502. The van der Waals surface area contributed by atoms with Gasteiger partial charge < -0.3 is 4.90 Å². The van der Waals surface area contributed by atoms with E-state index < -0.39 is 0 Å². The number of fused-ring (bicyclic) bond motifs is 1. The van der Waals surface area contributed by atoms with E-state index in [-0.39, 0.29) is 0 Å². The Bertz CT molecular complexity index is 583. The fourth-order valence-electron chi connectivity index (χ4n) is 2.72. The van der Waals surface area contributed by atoms with Gasteiger partial charge in [0.05, 0.1) is 0 Å². The lowest BCUT2D eigenvalue weighted by Gasteiger charge is -2.28. The Balaban J connectivity index is 2.52. The van der Waals surface area contributed by atoms with Crippen LogP contribution in [-0.4, -0.2) is 18.1 Å². The van der Waals surface area contributed by atoms with Crippen molar-refractivity contribution in [3.05, 3.63) is 36.0 Å². The van der Waals surface area contributed by atoms with Gasteiger partial charge in [-0.1, -0.05) is 52.0 Å². The highest BCUT2D eigenvalue weighted by Gasteiger charge is 2.15. The summed E-state index contributed by atoms with van der Waals surface area (Å²) in [6.07, 6.45) is 1.93. The first-order chi connectivity index (χ1) is 10.0. The van der Waals surface area contributed by atoms with Crippen molar-refractivity contribution in [3.8, 4) is 0 Å². The summed E-state index contributed by atoms with van der Waals surface area (Å²) in [4.78, 5) is 7.14. The molecule has 0 saturated carbocycles. The first-order valence-electron chi connectivity index (χ1n) is 7.70. The Morgan fingerprint density at radius 1 is 1.00 bits per heavy atom. The molecule has 114 valence electrons. The largest absolute Gasteiger partial charge is 0.356 e. The number of hydrogen-bond acceptors (Lipinski definition) is 2. The van der Waals surface area contributed by atoms with Crippen molar-refractivity contribution in [2.24, 2.45) is 11.8 Å². The highest BCUT2D eigenvalue weighted by Crippen LogP contribution is 2.29. The topological polar surface area (TPSA) is 16.1 Å². The molecule has 2 rings (SSSR count). The fraction of sp³-hybridized carbons (Fsp3) is 0.500. The number of alkyl halides is 1. The Morgan fingerprint density at radius 2 is 1.57 bits per heavy atom. The second kappa shape index (κ2) is 7.13. The van der Waals surface area contributed by atoms with Gasteiger partial charge in [0.1, 0.15) is 5.82 Å². The Morgan fingerprint density at radius 3 is 2.10 bits per heavy atom. The van der Waals surface area contributed by atoms with E-state index in [0.29, 0.717) is 17.7 Å². The molecule has 1 heterocycles. The van der Waals surface area contributed by atoms with Crippen LogP contribution in [0.5, 0.6) is 0 Å². The van der Waals surface area contributed by atoms with Crippen molar-refractivity contribution in [1.29, 1.82) is 0 Å². The third kappa shape index (κ3) is 3.88. The molecule has 0 saturated heterocycles. The lowest BCUT2D eigenvalue weighted by atomic mass is 10.1. The molecule has 0 spiro atoms. The summed E-state index contributed by atoms with van der Waals surface area (Å²) in [6.45, 7) is 11.1. The number of hydrogen-bond donors (Lipinski definition) is 0. The van der Waals surface area contributed by atoms with Gasteiger partial charge in [0.25, 0.3) is 0 Å². The third-order valence-corrected chi connectivity index (χ3v) is 3.76. The minimum Gasteiger partial charge on any atom is -0.356 e. The number of halogens is 1. The molecule has 3 heteroatoms. The molecule has 0 atom stereocenters. The van der Waals surface area contributed by atoms with E-state index in [1.54, 1.807) is 0 Å². The van der Waals surface area contributed by atoms with Gasteiger partial charge in [-0.25, -0.2) is 4.98 Å². The zero-order chi connectivity index (χ0) is 15.4. The van der Waals surface area contributed by atoms with Crippen LogP contribution >= 0.6 is 11.6 Å². The predicted molar refractivity (Wildman–Crippen MR) is 93.2 cm³/mol. The number of pyridine rings is 1. The van der Waals surface area contributed by atoms with E-state index in [1.807, 2.05) is 6.20 Å². The minimum atomic E-state index is 0.502. The molecule has 0 aliphatic heterocycles. The number of nitrogens with zero attached hydrogens (tertiary/aromatic N) is 2. The standard InChI is InChI=1S/C18H25ClN2/c1-13(2)11-21(12-14(3)4)18-17-8-6-5-7-16(17)15(9-19)10-20-18/h5-8,10,13-14H,9,11-12H2,1-4H3. The van der Waals surface area contributed by atoms with Crippen molar-refractivity contribution >= 4 is 28.2 Å². The van der Waals surface area contributed by atoms with Crippen LogP contribution in [0.4, 0.5) is 5.82 Å². The first kappa shape index (κ1) is 16.1. The fourth-order valence-corrected chi connectivity index (χ4v) is 2.94. The smallest absolute Gasteiger partial charge is 0.136 e. The van der Waals surface area contributed by atoms with Crippen LogP contribution < -0.4 is 4.90 Å². The van der Waals surface area contributed by atoms with Crippen LogP contribution in [0.3, 0.4) is 0 Å². The second-order valence-electron chi connectivity index (χ2n) is 6.48. The summed E-state index contributed by atoms with van der Waals surface area (Å²) in [6, 6.07) is 8.44. The monoisotopic (exact) mass is 304 g/mol. The van der Waals surface area contributed by atoms with Crippen LogP contribution in [0.15, 0.2) is 30.5 Å². The maximum atomic E-state index is 6.05. The highest BCUT2D eigenvalue weighted by molar-refractivity contribution is 6.18. The molecule has 0 N–H and O–H groups in total. The average molecular weight is 305 g/mol. The first-order valence-corrected chi connectivity index (χ1v) is 8.24. The van der Waals surface area contributed by atoms with Gasteiger partial charge in [-0.15, -0.1) is 11.6 Å². The molecular formula is C18H25ClN2. The Labute approximate surface area is 133 Å². The van der Waals surface area contributed by atoms with E-state index in [2.05, 4.69) is 56.9 Å². The highest BCUT2D eigenvalue weighted by atomic mass is 35.5. The average Bonchev–Trinajstić information content (AvgIpc) is 2.44. The van der Waals surface area contributed by atoms with Gasteiger partial charge in [0, 0.05) is 30.6 Å². The van der Waals surface area contributed by atoms with Crippen LogP contribution in [0.1, 0.15) is 33.3 Å². The van der Waals surface area contributed by atoms with Crippen LogP contribution in [0.25, 0.3) is 10.8 Å². The number of anilines is 1. The van der Waals surface area contributed by atoms with Crippen molar-refractivity contribution in [3.63, 3.8) is 0 Å². The molecule has 0 fully saturated rings. The van der Waals surface area contributed by atoms with Gasteiger partial charge in [0.15, 0.2) is 0 Å². The van der Waals surface area contributed by atoms with E-state index in [1.165, 1.54) is 10.8 Å². The normalized spacial score (nSPS) is 11.6. The molecular weight excluding hydrogens is 280 g/mol. The van der Waals surface area contributed by atoms with E-state index in [0.717, 1.165) is 24.5 Å². The number of benzene rings is 1. The van der Waals surface area contributed by atoms with Gasteiger partial charge in [0.2, 0.25) is 0 Å². The van der Waals surface area contributed by atoms with Crippen molar-refractivity contribution in [1.82, 2.24) is 4.98 Å². The molecule has 0 amide bonds. The molecule has 0 bridgehead atoms. The number of aromatic nitrogens is 1. The summed E-state index contributed by atoms with van der Waals surface area (Å²) in [5, 5.41) is 2.42. The molecule has 0 aliphatic rings. The predicted octanol–water partition coefficient (Wildman–Crippen LogP) is 5.09. The molecule has 0 aliphatic carbocycles. The molecule has 2 nitrogen and oxygen atoms in total. The van der Waals surface area contributed by atoms with Crippen LogP contribution in [0.2, 0.25) is 0 Å². The third-order valence-electron chi connectivity index (χ3n) is 3.47. The molecule has 1 aromatic heterocycles. The number of rotatable bonds is 6. The molecule has 0 radical (unpaired) electrons. The zero-order valence-electron chi connectivity index (χ0n) is 13.4. The van der Waals surface area contributed by atoms with E-state index in [4.69, 9.17) is 16.6 Å². The molecule has 0 unspecified atom stereocenters. The van der Waals surface area contributed by atoms with Crippen molar-refractivity contribution < 1.29 is 0 Å². The summed E-state index contributed by atoms with van der Waals surface area (Å²) in [5.41, 5.74) is 1.10. The molecule has 21 heavy (non-hydrogen) atoms. The van der Waals surface area contributed by atoms with E-state index >= 15 is 0 Å². The lowest BCUT2D eigenvalue weighted by molar-refractivity contribution is 0.550. The van der Waals surface area contributed by atoms with Gasteiger partial charge in [-0.2, -0.15) is 0 Å². The SMILES string of the molecule is CC(C)CN(CC(C)C)c1ncc(CCl)c2ccccc12. The molecule has 1 aromatic carbocycles. The summed E-state index contributed by atoms with van der Waals surface area (Å²) in [5.74, 6) is 2.80.